The van der Waals surface area contributed by atoms with E-state index >= 15 is 0 Å². The maximum atomic E-state index is 13.7. The van der Waals surface area contributed by atoms with Crippen LogP contribution in [0.4, 0.5) is 5.82 Å². The molecule has 3 aromatic rings. The quantitative estimate of drug-likeness (QED) is 0.697. The zero-order valence-corrected chi connectivity index (χ0v) is 16.9. The normalized spacial score (nSPS) is 26.7. The van der Waals surface area contributed by atoms with E-state index < -0.39 is 5.41 Å². The van der Waals surface area contributed by atoms with Crippen LogP contribution in [0.3, 0.4) is 0 Å². The van der Waals surface area contributed by atoms with Crippen LogP contribution in [0, 0.1) is 5.41 Å². The van der Waals surface area contributed by atoms with E-state index in [2.05, 4.69) is 71.9 Å². The van der Waals surface area contributed by atoms with Crippen LogP contribution in [-0.4, -0.2) is 15.7 Å². The van der Waals surface area contributed by atoms with Crippen LogP contribution in [0.2, 0.25) is 0 Å². The Morgan fingerprint density at radius 3 is 2.21 bits per heavy atom. The van der Waals surface area contributed by atoms with Crippen molar-refractivity contribution in [3.05, 3.63) is 82.5 Å². The Kier molecular flexibility index (Phi) is 3.41. The number of hydrogen-bond donors (Lipinski definition) is 1. The van der Waals surface area contributed by atoms with E-state index in [1.807, 2.05) is 11.7 Å². The molecule has 2 aromatic carbocycles. The fourth-order valence-electron chi connectivity index (χ4n) is 5.63. The van der Waals surface area contributed by atoms with Crippen molar-refractivity contribution in [1.29, 1.82) is 0 Å². The molecular formula is C25H25N3O. The Morgan fingerprint density at radius 2 is 1.62 bits per heavy atom. The molecule has 0 aliphatic heterocycles. The molecule has 4 heteroatoms. The van der Waals surface area contributed by atoms with Gasteiger partial charge in [-0.2, -0.15) is 5.10 Å². The molecule has 1 heterocycles. The molecule has 1 atom stereocenters. The molecule has 0 radical (unpaired) electrons. The number of nitrogens with one attached hydrogen (secondary N) is 1. The Balaban J connectivity index is 1.41. The van der Waals surface area contributed by atoms with E-state index in [1.165, 1.54) is 35.1 Å². The molecule has 29 heavy (non-hydrogen) atoms. The Labute approximate surface area is 170 Å². The lowest BCUT2D eigenvalue weighted by atomic mass is 9.52. The third-order valence-electron chi connectivity index (χ3n) is 7.28. The molecule has 1 N–H and O–H groups in total. The summed E-state index contributed by atoms with van der Waals surface area (Å²) in [5.74, 6) is 1.84. The van der Waals surface area contributed by atoms with Crippen molar-refractivity contribution in [2.45, 2.75) is 43.9 Å². The summed E-state index contributed by atoms with van der Waals surface area (Å²) >= 11 is 0. The molecule has 1 amide bonds. The third-order valence-corrected chi connectivity index (χ3v) is 7.28. The van der Waals surface area contributed by atoms with Gasteiger partial charge in [0.05, 0.1) is 11.1 Å². The highest BCUT2D eigenvalue weighted by atomic mass is 16.2. The summed E-state index contributed by atoms with van der Waals surface area (Å²) in [5, 5.41) is 7.85. The molecular weight excluding hydrogens is 358 g/mol. The molecule has 4 nitrogen and oxygen atoms in total. The smallest absolute Gasteiger partial charge is 0.232 e. The number of aryl methyl sites for hydroxylation is 1. The Morgan fingerprint density at radius 1 is 1.03 bits per heavy atom. The predicted octanol–water partition coefficient (Wildman–Crippen LogP) is 4.92. The fraction of sp³-hybridized carbons (Fsp3) is 0.360. The largest absolute Gasteiger partial charge is 0.310 e. The number of amides is 1. The minimum absolute atomic E-state index is 0.0797. The number of carbonyl (C=O) groups is 1. The highest BCUT2D eigenvalue weighted by molar-refractivity contribution is 5.96. The van der Waals surface area contributed by atoms with Crippen molar-refractivity contribution in [3.8, 4) is 0 Å². The first-order valence-corrected chi connectivity index (χ1v) is 10.6. The van der Waals surface area contributed by atoms with E-state index in [4.69, 9.17) is 0 Å². The van der Waals surface area contributed by atoms with Gasteiger partial charge in [-0.15, -0.1) is 0 Å². The van der Waals surface area contributed by atoms with Gasteiger partial charge in [0.25, 0.3) is 0 Å². The van der Waals surface area contributed by atoms with Crippen molar-refractivity contribution in [2.75, 3.05) is 5.32 Å². The van der Waals surface area contributed by atoms with Crippen LogP contribution in [0.15, 0.2) is 54.6 Å². The van der Waals surface area contributed by atoms with Crippen LogP contribution in [0.25, 0.3) is 0 Å². The SMILES string of the molecule is Cn1nc(C2CC2)cc1NC(=O)C1(C)CC2c3ccccc3C1c1ccccc12. The second kappa shape index (κ2) is 5.82. The Hall–Kier alpha value is -2.88. The molecule has 0 spiro atoms. The lowest BCUT2D eigenvalue weighted by Crippen LogP contribution is -2.47. The summed E-state index contributed by atoms with van der Waals surface area (Å²) in [6, 6.07) is 19.4. The lowest BCUT2D eigenvalue weighted by molar-refractivity contribution is -0.126. The number of anilines is 1. The van der Waals surface area contributed by atoms with Gasteiger partial charge in [0, 0.05) is 30.9 Å². The fourth-order valence-corrected chi connectivity index (χ4v) is 5.63. The summed E-state index contributed by atoms with van der Waals surface area (Å²) in [6.45, 7) is 2.14. The van der Waals surface area contributed by atoms with Crippen LogP contribution in [0.1, 0.15) is 71.9 Å². The van der Waals surface area contributed by atoms with Crippen LogP contribution >= 0.6 is 0 Å². The minimum Gasteiger partial charge on any atom is -0.310 e. The zero-order valence-electron chi connectivity index (χ0n) is 16.9. The summed E-state index contributed by atoms with van der Waals surface area (Å²) in [5.41, 5.74) is 6.01. The average molecular weight is 383 g/mol. The first-order chi connectivity index (χ1) is 14.1. The summed E-state index contributed by atoms with van der Waals surface area (Å²) in [7, 11) is 1.92. The highest BCUT2D eigenvalue weighted by Crippen LogP contribution is 2.61. The molecule has 1 saturated carbocycles. The first-order valence-electron chi connectivity index (χ1n) is 10.6. The number of fused-ring (bicyclic) bond motifs is 1. The van der Waals surface area contributed by atoms with Crippen LogP contribution in [-0.2, 0) is 11.8 Å². The van der Waals surface area contributed by atoms with Gasteiger partial charge < -0.3 is 5.32 Å². The van der Waals surface area contributed by atoms with Crippen LogP contribution in [0.5, 0.6) is 0 Å². The van der Waals surface area contributed by atoms with E-state index in [-0.39, 0.29) is 17.7 Å². The van der Waals surface area contributed by atoms with E-state index in [0.717, 1.165) is 17.9 Å². The second-order valence-corrected chi connectivity index (χ2v) is 9.17. The number of aromatic nitrogens is 2. The average Bonchev–Trinajstić information content (AvgIpc) is 3.52. The minimum atomic E-state index is -0.489. The maximum absolute atomic E-state index is 13.7. The lowest BCUT2D eigenvalue weighted by Gasteiger charge is -2.50. The van der Waals surface area contributed by atoms with Gasteiger partial charge in [0.2, 0.25) is 5.91 Å². The number of carbonyl (C=O) groups excluding carboxylic acids is 1. The zero-order chi connectivity index (χ0) is 19.8. The number of benzene rings is 2. The molecule has 4 aliphatic rings. The van der Waals surface area contributed by atoms with Crippen molar-refractivity contribution in [1.82, 2.24) is 9.78 Å². The van der Waals surface area contributed by atoms with E-state index in [9.17, 15) is 4.79 Å². The van der Waals surface area contributed by atoms with Gasteiger partial charge in [0.15, 0.2) is 0 Å². The second-order valence-electron chi connectivity index (χ2n) is 9.17. The molecule has 146 valence electrons. The van der Waals surface area contributed by atoms with Gasteiger partial charge in [-0.05, 0) is 48.4 Å². The van der Waals surface area contributed by atoms with Crippen molar-refractivity contribution >= 4 is 11.7 Å². The monoisotopic (exact) mass is 383 g/mol. The maximum Gasteiger partial charge on any atom is 0.232 e. The number of rotatable bonds is 3. The van der Waals surface area contributed by atoms with E-state index in [1.54, 1.807) is 0 Å². The van der Waals surface area contributed by atoms with E-state index in [0.29, 0.717) is 5.92 Å². The third kappa shape index (κ3) is 2.38. The highest BCUT2D eigenvalue weighted by Gasteiger charge is 2.54. The number of nitrogens with zero attached hydrogens (tertiary/aromatic N) is 2. The first kappa shape index (κ1) is 17.0. The van der Waals surface area contributed by atoms with Gasteiger partial charge >= 0.3 is 0 Å². The summed E-state index contributed by atoms with van der Waals surface area (Å²) in [4.78, 5) is 13.7. The summed E-state index contributed by atoms with van der Waals surface area (Å²) in [6.07, 6.45) is 3.25. The van der Waals surface area contributed by atoms with Gasteiger partial charge in [-0.1, -0.05) is 48.5 Å². The topological polar surface area (TPSA) is 46.9 Å². The number of hydrogen-bond acceptors (Lipinski definition) is 2. The standard InChI is InChI=1S/C25H25N3O/c1-25(24(29)26-22-13-21(15-11-12-15)27-28(22)2)14-20-16-7-3-5-9-18(16)23(25)19-10-6-4-8-17(19)20/h3-10,13,15,20,23H,11-12,14H2,1-2H3,(H,26,29). The molecule has 1 fully saturated rings. The molecule has 1 aromatic heterocycles. The molecule has 7 rings (SSSR count). The summed E-state index contributed by atoms with van der Waals surface area (Å²) < 4.78 is 1.82. The van der Waals surface area contributed by atoms with Crippen molar-refractivity contribution < 1.29 is 4.79 Å². The van der Waals surface area contributed by atoms with Crippen molar-refractivity contribution in [3.63, 3.8) is 0 Å². The predicted molar refractivity (Wildman–Crippen MR) is 113 cm³/mol. The Bertz CT molecular complexity index is 1090. The molecule has 1 unspecified atom stereocenters. The van der Waals surface area contributed by atoms with Gasteiger partial charge in [-0.3, -0.25) is 9.48 Å². The molecule has 0 saturated heterocycles. The van der Waals surface area contributed by atoms with Gasteiger partial charge in [0.1, 0.15) is 5.82 Å². The molecule has 2 bridgehead atoms. The molecule has 4 aliphatic carbocycles. The van der Waals surface area contributed by atoms with Crippen LogP contribution < -0.4 is 5.32 Å². The van der Waals surface area contributed by atoms with Gasteiger partial charge in [-0.25, -0.2) is 0 Å². The van der Waals surface area contributed by atoms with Crippen molar-refractivity contribution in [2.24, 2.45) is 12.5 Å².